The summed E-state index contributed by atoms with van der Waals surface area (Å²) in [5.41, 5.74) is -0.0303. The first-order valence-corrected chi connectivity index (χ1v) is 6.33. The van der Waals surface area contributed by atoms with Gasteiger partial charge in [-0.1, -0.05) is 12.8 Å². The minimum Gasteiger partial charge on any atom is -0.389 e. The minimum absolute atomic E-state index is 0.441. The van der Waals surface area contributed by atoms with Gasteiger partial charge in [-0.05, 0) is 37.6 Å². The molecule has 1 aliphatic carbocycles. The molecular formula is C14H19F2NO. The number of halogens is 2. The molecule has 1 aromatic carbocycles. The molecule has 4 heteroatoms. The van der Waals surface area contributed by atoms with Gasteiger partial charge >= 0.3 is 0 Å². The molecule has 100 valence electrons. The molecule has 1 aromatic rings. The highest BCUT2D eigenvalue weighted by Crippen LogP contribution is 2.30. The standard InChI is InChI=1S/C14H19F2NO/c1-17(10-14(18)4-2-3-5-14)9-11-6-12(15)8-13(16)7-11/h6-8,18H,2-5,9-10H2,1H3. The van der Waals surface area contributed by atoms with Crippen LogP contribution < -0.4 is 0 Å². The van der Waals surface area contributed by atoms with Gasteiger partial charge in [0, 0.05) is 19.2 Å². The number of nitrogens with zero attached hydrogens (tertiary/aromatic N) is 1. The zero-order valence-electron chi connectivity index (χ0n) is 10.6. The predicted molar refractivity (Wildman–Crippen MR) is 66.1 cm³/mol. The molecule has 0 heterocycles. The summed E-state index contributed by atoms with van der Waals surface area (Å²) in [6.45, 7) is 0.988. The monoisotopic (exact) mass is 255 g/mol. The third-order valence-corrected chi connectivity index (χ3v) is 3.47. The van der Waals surface area contributed by atoms with Crippen LogP contribution in [0.4, 0.5) is 8.78 Å². The summed E-state index contributed by atoms with van der Waals surface area (Å²) in [4.78, 5) is 1.92. The number of benzene rings is 1. The van der Waals surface area contributed by atoms with Gasteiger partial charge in [-0.25, -0.2) is 8.78 Å². The Labute approximate surface area is 106 Å². The molecule has 0 radical (unpaired) electrons. The molecule has 0 unspecified atom stereocenters. The number of rotatable bonds is 4. The van der Waals surface area contributed by atoms with Crippen LogP contribution in [0.5, 0.6) is 0 Å². The Hall–Kier alpha value is -1.00. The first-order chi connectivity index (χ1) is 8.47. The molecule has 0 atom stereocenters. The van der Waals surface area contributed by atoms with E-state index in [0.29, 0.717) is 18.7 Å². The van der Waals surface area contributed by atoms with Crippen LogP contribution in [0.15, 0.2) is 18.2 Å². The van der Waals surface area contributed by atoms with Crippen LogP contribution in [0.3, 0.4) is 0 Å². The van der Waals surface area contributed by atoms with Crippen molar-refractivity contribution in [2.24, 2.45) is 0 Å². The molecule has 1 fully saturated rings. The molecule has 2 rings (SSSR count). The van der Waals surface area contributed by atoms with Crippen molar-refractivity contribution >= 4 is 0 Å². The maximum atomic E-state index is 13.1. The zero-order chi connectivity index (χ0) is 13.2. The van der Waals surface area contributed by atoms with Crippen LogP contribution in [0.1, 0.15) is 31.2 Å². The van der Waals surface area contributed by atoms with E-state index < -0.39 is 17.2 Å². The first kappa shape index (κ1) is 13.4. The molecule has 0 saturated heterocycles. The van der Waals surface area contributed by atoms with Crippen molar-refractivity contribution in [3.63, 3.8) is 0 Å². The lowest BCUT2D eigenvalue weighted by molar-refractivity contribution is 0.0145. The summed E-state index contributed by atoms with van der Waals surface area (Å²) in [6, 6.07) is 3.53. The van der Waals surface area contributed by atoms with E-state index in [1.54, 1.807) is 0 Å². The van der Waals surface area contributed by atoms with E-state index in [4.69, 9.17) is 0 Å². The van der Waals surface area contributed by atoms with Gasteiger partial charge in [0.25, 0.3) is 0 Å². The van der Waals surface area contributed by atoms with E-state index in [1.807, 2.05) is 11.9 Å². The van der Waals surface area contributed by atoms with Gasteiger partial charge in [-0.3, -0.25) is 4.90 Å². The predicted octanol–water partition coefficient (Wildman–Crippen LogP) is 2.70. The van der Waals surface area contributed by atoms with Gasteiger partial charge < -0.3 is 5.11 Å². The summed E-state index contributed by atoms with van der Waals surface area (Å²) >= 11 is 0. The Balaban J connectivity index is 1.96. The Morgan fingerprint density at radius 1 is 1.17 bits per heavy atom. The Morgan fingerprint density at radius 2 is 1.72 bits per heavy atom. The molecule has 1 saturated carbocycles. The Kier molecular flexibility index (Phi) is 3.97. The molecule has 18 heavy (non-hydrogen) atoms. The molecule has 0 aliphatic heterocycles. The lowest BCUT2D eigenvalue weighted by atomic mass is 10.0. The molecule has 0 spiro atoms. The lowest BCUT2D eigenvalue weighted by Gasteiger charge is -2.28. The highest BCUT2D eigenvalue weighted by Gasteiger charge is 2.32. The van der Waals surface area contributed by atoms with E-state index in [9.17, 15) is 13.9 Å². The summed E-state index contributed by atoms with van der Waals surface area (Å²) in [7, 11) is 1.86. The number of hydrogen-bond acceptors (Lipinski definition) is 2. The molecule has 0 amide bonds. The van der Waals surface area contributed by atoms with Gasteiger partial charge in [-0.2, -0.15) is 0 Å². The molecule has 2 nitrogen and oxygen atoms in total. The quantitative estimate of drug-likeness (QED) is 0.894. The summed E-state index contributed by atoms with van der Waals surface area (Å²) in [5.74, 6) is -1.11. The highest BCUT2D eigenvalue weighted by molar-refractivity contribution is 5.17. The van der Waals surface area contributed by atoms with E-state index in [1.165, 1.54) is 12.1 Å². The van der Waals surface area contributed by atoms with Crippen molar-refractivity contribution < 1.29 is 13.9 Å². The highest BCUT2D eigenvalue weighted by atomic mass is 19.1. The SMILES string of the molecule is CN(Cc1cc(F)cc(F)c1)CC1(O)CCCC1. The van der Waals surface area contributed by atoms with Crippen molar-refractivity contribution in [3.8, 4) is 0 Å². The van der Waals surface area contributed by atoms with E-state index >= 15 is 0 Å². The third kappa shape index (κ3) is 3.50. The maximum absolute atomic E-state index is 13.1. The smallest absolute Gasteiger partial charge is 0.126 e. The fourth-order valence-electron chi connectivity index (χ4n) is 2.76. The number of hydrogen-bond donors (Lipinski definition) is 1. The average molecular weight is 255 g/mol. The molecular weight excluding hydrogens is 236 g/mol. The van der Waals surface area contributed by atoms with Crippen molar-refractivity contribution in [3.05, 3.63) is 35.4 Å². The maximum Gasteiger partial charge on any atom is 0.126 e. The van der Waals surface area contributed by atoms with Gasteiger partial charge in [0.1, 0.15) is 11.6 Å². The van der Waals surface area contributed by atoms with Gasteiger partial charge in [0.2, 0.25) is 0 Å². The second-order valence-electron chi connectivity index (χ2n) is 5.38. The fraction of sp³-hybridized carbons (Fsp3) is 0.571. The molecule has 0 aromatic heterocycles. The summed E-state index contributed by atoms with van der Waals surface area (Å²) in [6.07, 6.45) is 3.74. The number of aliphatic hydroxyl groups is 1. The van der Waals surface area contributed by atoms with Gasteiger partial charge in [0.05, 0.1) is 5.60 Å². The zero-order valence-corrected chi connectivity index (χ0v) is 10.6. The van der Waals surface area contributed by atoms with Gasteiger partial charge in [0.15, 0.2) is 0 Å². The van der Waals surface area contributed by atoms with Crippen molar-refractivity contribution in [1.29, 1.82) is 0 Å². The largest absolute Gasteiger partial charge is 0.389 e. The topological polar surface area (TPSA) is 23.5 Å². The Morgan fingerprint density at radius 3 is 2.28 bits per heavy atom. The Bertz CT molecular complexity index is 396. The summed E-state index contributed by atoms with van der Waals surface area (Å²) in [5, 5.41) is 10.3. The minimum atomic E-state index is -0.624. The second-order valence-corrected chi connectivity index (χ2v) is 5.38. The van der Waals surface area contributed by atoms with E-state index in [2.05, 4.69) is 0 Å². The number of likely N-dealkylation sites (N-methyl/N-ethyl adjacent to an activating group) is 1. The molecule has 0 bridgehead atoms. The van der Waals surface area contributed by atoms with Crippen molar-refractivity contribution in [1.82, 2.24) is 4.90 Å². The summed E-state index contributed by atoms with van der Waals surface area (Å²) < 4.78 is 26.1. The fourth-order valence-corrected chi connectivity index (χ4v) is 2.76. The van der Waals surface area contributed by atoms with Crippen LogP contribution in [0.25, 0.3) is 0 Å². The van der Waals surface area contributed by atoms with Crippen LogP contribution in [-0.2, 0) is 6.54 Å². The van der Waals surface area contributed by atoms with Crippen LogP contribution in [0, 0.1) is 11.6 Å². The third-order valence-electron chi connectivity index (χ3n) is 3.47. The van der Waals surface area contributed by atoms with E-state index in [0.717, 1.165) is 31.7 Å². The van der Waals surface area contributed by atoms with Crippen molar-refractivity contribution in [2.45, 2.75) is 37.8 Å². The lowest BCUT2D eigenvalue weighted by Crippen LogP contribution is -2.38. The first-order valence-electron chi connectivity index (χ1n) is 6.33. The van der Waals surface area contributed by atoms with Crippen molar-refractivity contribution in [2.75, 3.05) is 13.6 Å². The second kappa shape index (κ2) is 5.33. The van der Waals surface area contributed by atoms with Gasteiger partial charge in [-0.15, -0.1) is 0 Å². The van der Waals surface area contributed by atoms with Crippen LogP contribution in [0.2, 0.25) is 0 Å². The van der Waals surface area contributed by atoms with E-state index in [-0.39, 0.29) is 0 Å². The molecule has 1 aliphatic rings. The normalized spacial score (nSPS) is 18.5. The van der Waals surface area contributed by atoms with Crippen LogP contribution in [-0.4, -0.2) is 29.2 Å². The molecule has 1 N–H and O–H groups in total. The average Bonchev–Trinajstić information content (AvgIpc) is 2.62. The van der Waals surface area contributed by atoms with Crippen LogP contribution >= 0.6 is 0 Å².